The number of anilines is 1. The van der Waals surface area contributed by atoms with E-state index in [1.165, 1.54) is 0 Å². The smallest absolute Gasteiger partial charge is 0.319 e. The number of carboxylic acids is 1. The van der Waals surface area contributed by atoms with Crippen molar-refractivity contribution in [1.29, 1.82) is 0 Å². The monoisotopic (exact) mass is 369 g/mol. The van der Waals surface area contributed by atoms with Crippen LogP contribution in [0.25, 0.3) is 0 Å². The van der Waals surface area contributed by atoms with Crippen LogP contribution < -0.4 is 10.6 Å². The molecule has 1 aliphatic carbocycles. The lowest BCUT2D eigenvalue weighted by Gasteiger charge is -2.42. The average Bonchev–Trinajstić information content (AvgIpc) is 2.40. The quantitative estimate of drug-likeness (QED) is 0.719. The highest BCUT2D eigenvalue weighted by atomic mass is 79.9. The molecule has 1 aliphatic rings. The van der Waals surface area contributed by atoms with Crippen LogP contribution in [0, 0.1) is 0 Å². The van der Waals surface area contributed by atoms with E-state index in [9.17, 15) is 9.59 Å². The predicted octanol–water partition coefficient (Wildman–Crippen LogP) is 2.51. The van der Waals surface area contributed by atoms with Crippen molar-refractivity contribution in [2.45, 2.75) is 31.8 Å². The molecule has 1 fully saturated rings. The molecular formula is C15H20BrN3O3. The topological polar surface area (TPSA) is 81.7 Å². The van der Waals surface area contributed by atoms with E-state index in [0.717, 1.165) is 23.0 Å². The molecule has 1 saturated carbocycles. The summed E-state index contributed by atoms with van der Waals surface area (Å²) in [5.41, 5.74) is 0.726. The first-order valence-corrected chi connectivity index (χ1v) is 8.06. The van der Waals surface area contributed by atoms with Gasteiger partial charge in [0.2, 0.25) is 0 Å². The zero-order chi connectivity index (χ0) is 16.1. The van der Waals surface area contributed by atoms with Gasteiger partial charge >= 0.3 is 12.0 Å². The van der Waals surface area contributed by atoms with Crippen molar-refractivity contribution in [2.24, 2.45) is 0 Å². The van der Waals surface area contributed by atoms with Crippen molar-refractivity contribution in [1.82, 2.24) is 10.2 Å². The molecule has 3 N–H and O–H groups in total. The van der Waals surface area contributed by atoms with E-state index in [2.05, 4.69) is 26.6 Å². The number of benzene rings is 1. The Labute approximate surface area is 138 Å². The molecule has 6 nitrogen and oxygen atoms in total. The number of nitrogens with zero attached hydrogens (tertiary/aromatic N) is 1. The Hall–Kier alpha value is -1.60. The zero-order valence-corrected chi connectivity index (χ0v) is 14.0. The minimum Gasteiger partial charge on any atom is -0.480 e. The lowest BCUT2D eigenvalue weighted by Crippen LogP contribution is -2.55. The van der Waals surface area contributed by atoms with E-state index in [4.69, 9.17) is 5.11 Å². The first kappa shape index (κ1) is 16.8. The zero-order valence-electron chi connectivity index (χ0n) is 12.4. The number of carbonyl (C=O) groups is 2. The number of aliphatic carboxylic acids is 1. The highest BCUT2D eigenvalue weighted by molar-refractivity contribution is 9.10. The molecule has 2 rings (SSSR count). The van der Waals surface area contributed by atoms with Crippen LogP contribution in [0.15, 0.2) is 28.7 Å². The molecule has 1 aromatic rings. The van der Waals surface area contributed by atoms with Crippen molar-refractivity contribution in [3.05, 3.63) is 28.7 Å². The Morgan fingerprint density at radius 1 is 1.41 bits per heavy atom. The maximum Gasteiger partial charge on any atom is 0.319 e. The Kier molecular flexibility index (Phi) is 5.79. The van der Waals surface area contributed by atoms with Gasteiger partial charge in [0.1, 0.15) is 0 Å². The summed E-state index contributed by atoms with van der Waals surface area (Å²) in [6.07, 6.45) is 1.57. The Morgan fingerprint density at radius 2 is 2.14 bits per heavy atom. The standard InChI is InChI=1S/C15H20BrN3O3/c1-2-19(9-14(20)21)13-7-12(8-13)18-15(22)17-11-5-3-4-10(16)6-11/h3-6,12-13H,2,7-9H2,1H3,(H,20,21)(H2,17,18,22). The highest BCUT2D eigenvalue weighted by Gasteiger charge is 2.34. The second-order valence-corrected chi connectivity index (χ2v) is 6.30. The fourth-order valence-electron chi connectivity index (χ4n) is 2.60. The van der Waals surface area contributed by atoms with Crippen LogP contribution in [0.4, 0.5) is 10.5 Å². The van der Waals surface area contributed by atoms with Gasteiger partial charge < -0.3 is 15.7 Å². The summed E-state index contributed by atoms with van der Waals surface area (Å²) in [7, 11) is 0. The second-order valence-electron chi connectivity index (χ2n) is 5.39. The Bertz CT molecular complexity index is 547. The van der Waals surface area contributed by atoms with Gasteiger partial charge in [0.15, 0.2) is 0 Å². The van der Waals surface area contributed by atoms with Gasteiger partial charge in [-0.05, 0) is 37.6 Å². The van der Waals surface area contributed by atoms with Gasteiger partial charge in [-0.3, -0.25) is 9.69 Å². The molecule has 0 atom stereocenters. The van der Waals surface area contributed by atoms with E-state index in [1.54, 1.807) is 0 Å². The van der Waals surface area contributed by atoms with E-state index in [0.29, 0.717) is 6.54 Å². The molecule has 120 valence electrons. The van der Waals surface area contributed by atoms with Crippen molar-refractivity contribution < 1.29 is 14.7 Å². The summed E-state index contributed by atoms with van der Waals surface area (Å²) >= 11 is 3.35. The Balaban J connectivity index is 1.75. The first-order chi connectivity index (χ1) is 10.5. The number of nitrogens with one attached hydrogen (secondary N) is 2. The highest BCUT2D eigenvalue weighted by Crippen LogP contribution is 2.25. The third-order valence-electron chi connectivity index (χ3n) is 3.79. The van der Waals surface area contributed by atoms with Gasteiger partial charge in [-0.15, -0.1) is 0 Å². The number of likely N-dealkylation sites (N-methyl/N-ethyl adjacent to an activating group) is 1. The summed E-state index contributed by atoms with van der Waals surface area (Å²) in [4.78, 5) is 24.6. The molecule has 22 heavy (non-hydrogen) atoms. The molecule has 1 aromatic carbocycles. The minimum absolute atomic E-state index is 0.0537. The maximum atomic E-state index is 11.9. The summed E-state index contributed by atoms with van der Waals surface area (Å²) < 4.78 is 0.904. The lowest BCUT2D eigenvalue weighted by molar-refractivity contribution is -0.139. The van der Waals surface area contributed by atoms with Crippen molar-refractivity contribution in [3.8, 4) is 0 Å². The molecule has 0 radical (unpaired) electrons. The van der Waals surface area contributed by atoms with Crippen LogP contribution in [0.1, 0.15) is 19.8 Å². The number of urea groups is 1. The molecule has 0 aliphatic heterocycles. The second kappa shape index (κ2) is 7.60. The molecule has 0 heterocycles. The number of amides is 2. The SMILES string of the molecule is CCN(CC(=O)O)C1CC(NC(=O)Nc2cccc(Br)c2)C1. The van der Waals surface area contributed by atoms with Gasteiger partial charge in [-0.25, -0.2) is 4.79 Å². The summed E-state index contributed by atoms with van der Waals surface area (Å²) in [5.74, 6) is -0.814. The van der Waals surface area contributed by atoms with Crippen LogP contribution >= 0.6 is 15.9 Å². The predicted molar refractivity (Wildman–Crippen MR) is 88.0 cm³/mol. The van der Waals surface area contributed by atoms with Crippen molar-refractivity contribution >= 4 is 33.6 Å². The lowest BCUT2D eigenvalue weighted by atomic mass is 9.85. The van der Waals surface area contributed by atoms with Crippen molar-refractivity contribution in [3.63, 3.8) is 0 Å². The van der Waals surface area contributed by atoms with Crippen LogP contribution in [-0.4, -0.2) is 47.2 Å². The molecule has 0 bridgehead atoms. The van der Waals surface area contributed by atoms with Crippen LogP contribution in [0.5, 0.6) is 0 Å². The van der Waals surface area contributed by atoms with E-state index < -0.39 is 5.97 Å². The molecule has 0 spiro atoms. The number of carbonyl (C=O) groups excluding carboxylic acids is 1. The number of carboxylic acid groups (broad SMARTS) is 1. The van der Waals surface area contributed by atoms with E-state index in [1.807, 2.05) is 36.1 Å². The normalized spacial score (nSPS) is 20.3. The largest absolute Gasteiger partial charge is 0.480 e. The van der Waals surface area contributed by atoms with E-state index >= 15 is 0 Å². The summed E-state index contributed by atoms with van der Waals surface area (Å²) in [5, 5.41) is 14.5. The van der Waals surface area contributed by atoms with Gasteiger partial charge in [0.25, 0.3) is 0 Å². The van der Waals surface area contributed by atoms with E-state index in [-0.39, 0.29) is 24.7 Å². The van der Waals surface area contributed by atoms with Gasteiger partial charge in [0.05, 0.1) is 6.54 Å². The average molecular weight is 370 g/mol. The molecule has 0 saturated heterocycles. The third-order valence-corrected chi connectivity index (χ3v) is 4.29. The molecule has 0 unspecified atom stereocenters. The number of hydrogen-bond donors (Lipinski definition) is 3. The summed E-state index contributed by atoms with van der Waals surface area (Å²) in [6, 6.07) is 7.49. The first-order valence-electron chi connectivity index (χ1n) is 7.27. The van der Waals surface area contributed by atoms with Crippen LogP contribution in [-0.2, 0) is 4.79 Å². The molecule has 0 aromatic heterocycles. The Morgan fingerprint density at radius 3 is 2.73 bits per heavy atom. The van der Waals surface area contributed by atoms with Crippen LogP contribution in [0.2, 0.25) is 0 Å². The van der Waals surface area contributed by atoms with Gasteiger partial charge in [-0.2, -0.15) is 0 Å². The molecule has 7 heteroatoms. The minimum atomic E-state index is -0.814. The molecular weight excluding hydrogens is 350 g/mol. The third kappa shape index (κ3) is 4.71. The number of rotatable bonds is 6. The fourth-order valence-corrected chi connectivity index (χ4v) is 2.99. The fraction of sp³-hybridized carbons (Fsp3) is 0.467. The van der Waals surface area contributed by atoms with Gasteiger partial charge in [-0.1, -0.05) is 28.9 Å². The van der Waals surface area contributed by atoms with Crippen molar-refractivity contribution in [2.75, 3.05) is 18.4 Å². The van der Waals surface area contributed by atoms with Gasteiger partial charge in [0, 0.05) is 22.2 Å². The number of hydrogen-bond acceptors (Lipinski definition) is 3. The maximum absolute atomic E-state index is 11.9. The molecule has 2 amide bonds. The summed E-state index contributed by atoms with van der Waals surface area (Å²) in [6.45, 7) is 2.70. The van der Waals surface area contributed by atoms with Crippen LogP contribution in [0.3, 0.4) is 0 Å². The number of halogens is 1.